The zero-order valence-electron chi connectivity index (χ0n) is 7.16. The van der Waals surface area contributed by atoms with Crippen LogP contribution in [-0.2, 0) is 30.9 Å². The summed E-state index contributed by atoms with van der Waals surface area (Å²) in [7, 11) is 0.420. The zero-order valence-corrected chi connectivity index (χ0v) is 8.80. The van der Waals surface area contributed by atoms with Gasteiger partial charge in [-0.15, -0.1) is 26.3 Å². The van der Waals surface area contributed by atoms with Crippen LogP contribution in [0.4, 0.5) is 26.3 Å². The van der Waals surface area contributed by atoms with E-state index >= 15 is 0 Å². The minimum Gasteiger partial charge on any atom is -0.210 e. The largest absolute Gasteiger partial charge is 0.536 e. The maximum Gasteiger partial charge on any atom is 0.536 e. The van der Waals surface area contributed by atoms with Gasteiger partial charge in [-0.2, -0.15) is 8.37 Å². The highest BCUT2D eigenvalue weighted by Gasteiger charge is 2.39. The summed E-state index contributed by atoms with van der Waals surface area (Å²) in [6.45, 7) is 0. The minimum absolute atomic E-state index is 0.402. The molecule has 2 unspecified atom stereocenters. The second-order valence-electron chi connectivity index (χ2n) is 1.93. The van der Waals surface area contributed by atoms with Crippen LogP contribution in [0.5, 0.6) is 0 Å². The maximum absolute atomic E-state index is 11.5. The van der Waals surface area contributed by atoms with Crippen LogP contribution in [0, 0.1) is 0 Å². The van der Waals surface area contributed by atoms with Gasteiger partial charge in [0.25, 0.3) is 22.5 Å². The first-order valence-electron chi connectivity index (χ1n) is 3.02. The van der Waals surface area contributed by atoms with Gasteiger partial charge in [0.2, 0.25) is 0 Å². The van der Waals surface area contributed by atoms with Crippen LogP contribution in [0.2, 0.25) is 0 Å². The van der Waals surface area contributed by atoms with E-state index in [-0.39, 0.29) is 0 Å². The fraction of sp³-hybridized carbons (Fsp3) is 1.00. The lowest BCUT2D eigenvalue weighted by Gasteiger charge is -2.15. The molecule has 0 aliphatic heterocycles. The summed E-state index contributed by atoms with van der Waals surface area (Å²) in [4.78, 5) is 0. The van der Waals surface area contributed by atoms with Gasteiger partial charge in [-0.3, -0.25) is 0 Å². The van der Waals surface area contributed by atoms with Crippen LogP contribution in [0.3, 0.4) is 0 Å². The SMILES string of the molecule is CN(S(=O)OC(F)(F)F)S(=O)OC(F)(F)F. The molecule has 0 radical (unpaired) electrons. The van der Waals surface area contributed by atoms with Crippen molar-refractivity contribution in [1.82, 2.24) is 3.71 Å². The molecule has 0 amide bonds. The average Bonchev–Trinajstić information content (AvgIpc) is 1.96. The summed E-state index contributed by atoms with van der Waals surface area (Å²) in [6.07, 6.45) is -10.7. The maximum atomic E-state index is 11.5. The third-order valence-electron chi connectivity index (χ3n) is 0.751. The summed E-state index contributed by atoms with van der Waals surface area (Å²) in [5.74, 6) is 0. The Bertz CT molecular complexity index is 260. The van der Waals surface area contributed by atoms with Gasteiger partial charge < -0.3 is 0 Å². The number of alkyl halides is 6. The van der Waals surface area contributed by atoms with E-state index in [4.69, 9.17) is 0 Å². The number of rotatable bonds is 4. The van der Waals surface area contributed by atoms with E-state index in [2.05, 4.69) is 8.37 Å². The molecule has 0 N–H and O–H groups in total. The van der Waals surface area contributed by atoms with Crippen molar-refractivity contribution in [3.63, 3.8) is 0 Å². The molecule has 0 rings (SSSR count). The lowest BCUT2D eigenvalue weighted by Crippen LogP contribution is -2.33. The second kappa shape index (κ2) is 5.39. The molecular weight excluding hydrogens is 292 g/mol. The van der Waals surface area contributed by atoms with Gasteiger partial charge in [0.05, 0.1) is 0 Å². The van der Waals surface area contributed by atoms with E-state index in [9.17, 15) is 34.8 Å². The Morgan fingerprint density at radius 2 is 1.12 bits per heavy atom. The van der Waals surface area contributed by atoms with Crippen molar-refractivity contribution in [2.45, 2.75) is 12.7 Å². The Morgan fingerprint density at radius 1 is 0.875 bits per heavy atom. The third-order valence-corrected chi connectivity index (χ3v) is 2.98. The van der Waals surface area contributed by atoms with Gasteiger partial charge in [0.15, 0.2) is 0 Å². The molecule has 0 bridgehead atoms. The summed E-state index contributed by atoms with van der Waals surface area (Å²) < 4.78 is 95.0. The monoisotopic (exact) mass is 295 g/mol. The molecule has 13 heteroatoms. The zero-order chi connectivity index (χ0) is 13.1. The molecule has 0 aliphatic carbocycles. The molecule has 0 saturated heterocycles. The first kappa shape index (κ1) is 15.8. The van der Waals surface area contributed by atoms with Gasteiger partial charge in [-0.05, 0) is 0 Å². The number of nitrogens with zero attached hydrogens (tertiary/aromatic N) is 1. The van der Waals surface area contributed by atoms with Gasteiger partial charge in [0, 0.05) is 7.05 Å². The molecular formula is C3H3F6NO4S2. The van der Waals surface area contributed by atoms with E-state index < -0.39 is 39.0 Å². The molecule has 0 spiro atoms. The van der Waals surface area contributed by atoms with Crippen LogP contribution in [0.25, 0.3) is 0 Å². The van der Waals surface area contributed by atoms with Crippen LogP contribution >= 0.6 is 0 Å². The van der Waals surface area contributed by atoms with Crippen molar-refractivity contribution in [3.8, 4) is 0 Å². The van der Waals surface area contributed by atoms with Gasteiger partial charge >= 0.3 is 12.7 Å². The molecule has 0 aliphatic rings. The summed E-state index contributed by atoms with van der Waals surface area (Å²) in [5, 5.41) is 0. The molecule has 0 saturated carbocycles. The highest BCUT2D eigenvalue weighted by Crippen LogP contribution is 2.22. The smallest absolute Gasteiger partial charge is 0.210 e. The second-order valence-corrected chi connectivity index (χ2v) is 4.46. The minimum atomic E-state index is -5.35. The van der Waals surface area contributed by atoms with Crippen LogP contribution < -0.4 is 0 Å². The van der Waals surface area contributed by atoms with E-state index in [0.717, 1.165) is 0 Å². The van der Waals surface area contributed by atoms with Gasteiger partial charge in [0.1, 0.15) is 0 Å². The summed E-state index contributed by atoms with van der Waals surface area (Å²) in [5.41, 5.74) is 0. The highest BCUT2D eigenvalue weighted by molar-refractivity contribution is 7.93. The highest BCUT2D eigenvalue weighted by atomic mass is 32.3. The first-order chi connectivity index (χ1) is 6.92. The Labute approximate surface area is 89.9 Å². The van der Waals surface area contributed by atoms with Gasteiger partial charge in [-0.1, -0.05) is 3.71 Å². The number of hydrogen-bond acceptors (Lipinski definition) is 4. The number of halogens is 6. The quantitative estimate of drug-likeness (QED) is 0.730. The molecule has 5 nitrogen and oxygen atoms in total. The standard InChI is InChI=1S/C3H3F6NO4S2/c1-10(15(11)13-2(4,5)6)16(12)14-3(7,8)9/h1H3. The molecule has 0 aromatic carbocycles. The van der Waals surface area contributed by atoms with Crippen LogP contribution in [0.15, 0.2) is 0 Å². The van der Waals surface area contributed by atoms with E-state index in [1.165, 1.54) is 0 Å². The molecule has 98 valence electrons. The van der Waals surface area contributed by atoms with E-state index in [1.807, 2.05) is 0 Å². The normalized spacial score (nSPS) is 17.5. The predicted molar refractivity (Wildman–Crippen MR) is 38.3 cm³/mol. The van der Waals surface area contributed by atoms with Crippen LogP contribution in [0.1, 0.15) is 0 Å². The third kappa shape index (κ3) is 7.10. The Balaban J connectivity index is 4.40. The average molecular weight is 295 g/mol. The topological polar surface area (TPSA) is 55.8 Å². The summed E-state index contributed by atoms with van der Waals surface area (Å²) in [6, 6.07) is 0. The fourth-order valence-corrected chi connectivity index (χ4v) is 1.43. The Morgan fingerprint density at radius 3 is 1.31 bits per heavy atom. The Hall–Kier alpha value is -0.240. The molecule has 0 aromatic heterocycles. The lowest BCUT2D eigenvalue weighted by atomic mass is 11.4. The van der Waals surface area contributed by atoms with E-state index in [0.29, 0.717) is 7.05 Å². The first-order valence-corrected chi connectivity index (χ1v) is 5.08. The fourth-order valence-electron chi connectivity index (χ4n) is 0.316. The molecule has 2 atom stereocenters. The van der Waals surface area contributed by atoms with Crippen molar-refractivity contribution in [1.29, 1.82) is 0 Å². The van der Waals surface area contributed by atoms with Crippen LogP contribution in [-0.4, -0.2) is 31.9 Å². The summed E-state index contributed by atoms with van der Waals surface area (Å²) >= 11 is -6.83. The van der Waals surface area contributed by atoms with Gasteiger partial charge in [-0.25, -0.2) is 8.42 Å². The van der Waals surface area contributed by atoms with Crippen molar-refractivity contribution in [2.75, 3.05) is 7.05 Å². The lowest BCUT2D eigenvalue weighted by molar-refractivity contribution is -0.272. The molecule has 0 fully saturated rings. The van der Waals surface area contributed by atoms with Crippen molar-refractivity contribution >= 4 is 22.5 Å². The van der Waals surface area contributed by atoms with Crippen molar-refractivity contribution in [2.24, 2.45) is 0 Å². The molecule has 0 aromatic rings. The van der Waals surface area contributed by atoms with Crippen molar-refractivity contribution in [3.05, 3.63) is 0 Å². The van der Waals surface area contributed by atoms with Crippen molar-refractivity contribution < 1.29 is 43.1 Å². The molecule has 0 heterocycles. The molecule has 16 heavy (non-hydrogen) atoms. The Kier molecular flexibility index (Phi) is 5.31. The van der Waals surface area contributed by atoms with E-state index in [1.54, 1.807) is 0 Å². The number of hydrogen-bond donors (Lipinski definition) is 0. The predicted octanol–water partition coefficient (Wildman–Crippen LogP) is 1.15.